The van der Waals surface area contributed by atoms with E-state index in [1.165, 1.54) is 5.56 Å². The molecule has 0 amide bonds. The number of anilines is 1. The second-order valence-electron chi connectivity index (χ2n) is 3.58. The molecule has 1 saturated heterocycles. The summed E-state index contributed by atoms with van der Waals surface area (Å²) in [5, 5.41) is 3.43. The Bertz CT molecular complexity index is 337. The molecule has 0 spiro atoms. The molecule has 0 aromatic heterocycles. The van der Waals surface area contributed by atoms with Crippen molar-refractivity contribution >= 4 is 17.4 Å². The number of hydrogen-bond donors (Lipinski definition) is 2. The number of nitrogens with one attached hydrogen (secondary N) is 1. The van der Waals surface area contributed by atoms with Gasteiger partial charge in [-0.05, 0) is 24.0 Å². The minimum Gasteiger partial charge on any atom is -0.398 e. The Balaban J connectivity index is 2.20. The van der Waals surface area contributed by atoms with Crippen LogP contribution in [0.3, 0.4) is 0 Å². The SMILES string of the molecule is CSc1cc(C2COCCN2)ccc1N. The number of ether oxygens (including phenoxy) is 1. The van der Waals surface area contributed by atoms with E-state index in [0.29, 0.717) is 6.04 Å². The van der Waals surface area contributed by atoms with Crippen molar-refractivity contribution in [3.63, 3.8) is 0 Å². The molecule has 3 nitrogen and oxygen atoms in total. The first-order chi connectivity index (χ1) is 7.31. The third-order valence-electron chi connectivity index (χ3n) is 2.58. The predicted molar refractivity (Wildman–Crippen MR) is 64.2 cm³/mol. The Morgan fingerprint density at radius 2 is 2.40 bits per heavy atom. The van der Waals surface area contributed by atoms with Crippen molar-refractivity contribution in [3.05, 3.63) is 23.8 Å². The van der Waals surface area contributed by atoms with E-state index in [1.807, 2.05) is 12.3 Å². The molecule has 1 fully saturated rings. The summed E-state index contributed by atoms with van der Waals surface area (Å²) in [6.45, 7) is 2.47. The standard InChI is InChI=1S/C11H16N2OS/c1-15-11-6-8(2-3-9(11)12)10-7-14-5-4-13-10/h2-3,6,10,13H,4-5,7,12H2,1H3. The fourth-order valence-corrected chi connectivity index (χ4v) is 2.28. The summed E-state index contributed by atoms with van der Waals surface area (Å²) in [6, 6.07) is 6.50. The minimum absolute atomic E-state index is 0.310. The van der Waals surface area contributed by atoms with Crippen molar-refractivity contribution in [1.29, 1.82) is 0 Å². The van der Waals surface area contributed by atoms with Crippen molar-refractivity contribution < 1.29 is 4.74 Å². The maximum Gasteiger partial charge on any atom is 0.0662 e. The normalized spacial score (nSPS) is 21.5. The molecule has 2 rings (SSSR count). The number of thioether (sulfide) groups is 1. The highest BCUT2D eigenvalue weighted by atomic mass is 32.2. The summed E-state index contributed by atoms with van der Waals surface area (Å²) >= 11 is 1.68. The van der Waals surface area contributed by atoms with E-state index in [9.17, 15) is 0 Å². The maximum absolute atomic E-state index is 5.86. The highest BCUT2D eigenvalue weighted by molar-refractivity contribution is 7.98. The topological polar surface area (TPSA) is 47.3 Å². The van der Waals surface area contributed by atoms with Crippen LogP contribution in [0.15, 0.2) is 23.1 Å². The lowest BCUT2D eigenvalue weighted by Gasteiger charge is -2.24. The highest BCUT2D eigenvalue weighted by Crippen LogP contribution is 2.27. The van der Waals surface area contributed by atoms with Crippen molar-refractivity contribution in [2.75, 3.05) is 31.7 Å². The number of benzene rings is 1. The molecule has 1 aromatic rings. The molecule has 0 aliphatic carbocycles. The van der Waals surface area contributed by atoms with Gasteiger partial charge in [-0.15, -0.1) is 11.8 Å². The van der Waals surface area contributed by atoms with Gasteiger partial charge in [-0.1, -0.05) is 6.07 Å². The number of rotatable bonds is 2. The molecular weight excluding hydrogens is 208 g/mol. The smallest absolute Gasteiger partial charge is 0.0662 e. The monoisotopic (exact) mass is 224 g/mol. The van der Waals surface area contributed by atoms with Gasteiger partial charge in [-0.2, -0.15) is 0 Å². The molecule has 0 bridgehead atoms. The van der Waals surface area contributed by atoms with Crippen LogP contribution in [0.2, 0.25) is 0 Å². The number of morpholine rings is 1. The van der Waals surface area contributed by atoms with E-state index in [2.05, 4.69) is 17.4 Å². The van der Waals surface area contributed by atoms with Crippen LogP contribution in [0.25, 0.3) is 0 Å². The third-order valence-corrected chi connectivity index (χ3v) is 3.37. The quantitative estimate of drug-likeness (QED) is 0.592. The summed E-state index contributed by atoms with van der Waals surface area (Å²) in [4.78, 5) is 1.14. The van der Waals surface area contributed by atoms with Crippen molar-refractivity contribution in [2.45, 2.75) is 10.9 Å². The zero-order valence-electron chi connectivity index (χ0n) is 8.82. The van der Waals surface area contributed by atoms with Gasteiger partial charge < -0.3 is 15.8 Å². The second kappa shape index (κ2) is 4.88. The van der Waals surface area contributed by atoms with Gasteiger partial charge in [-0.3, -0.25) is 0 Å². The molecule has 1 unspecified atom stereocenters. The molecule has 1 aliphatic heterocycles. The van der Waals surface area contributed by atoms with E-state index >= 15 is 0 Å². The number of nitrogens with two attached hydrogens (primary N) is 1. The summed E-state index contributed by atoms with van der Waals surface area (Å²) < 4.78 is 5.44. The average molecular weight is 224 g/mol. The second-order valence-corrected chi connectivity index (χ2v) is 4.43. The van der Waals surface area contributed by atoms with E-state index in [1.54, 1.807) is 11.8 Å². The summed E-state index contributed by atoms with van der Waals surface area (Å²) in [5.74, 6) is 0. The van der Waals surface area contributed by atoms with E-state index in [4.69, 9.17) is 10.5 Å². The maximum atomic E-state index is 5.86. The molecular formula is C11H16N2OS. The molecule has 4 heteroatoms. The van der Waals surface area contributed by atoms with E-state index < -0.39 is 0 Å². The molecule has 1 aromatic carbocycles. The molecule has 1 heterocycles. The van der Waals surface area contributed by atoms with Gasteiger partial charge in [0.2, 0.25) is 0 Å². The molecule has 1 aliphatic rings. The first kappa shape index (κ1) is 10.8. The lowest BCUT2D eigenvalue weighted by Crippen LogP contribution is -2.34. The average Bonchev–Trinajstić information content (AvgIpc) is 2.31. The van der Waals surface area contributed by atoms with Crippen LogP contribution in [0.1, 0.15) is 11.6 Å². The molecule has 0 saturated carbocycles. The van der Waals surface area contributed by atoms with Gasteiger partial charge in [0, 0.05) is 17.1 Å². The van der Waals surface area contributed by atoms with Gasteiger partial charge in [0.25, 0.3) is 0 Å². The summed E-state index contributed by atoms with van der Waals surface area (Å²) in [6.07, 6.45) is 2.04. The summed E-state index contributed by atoms with van der Waals surface area (Å²) in [7, 11) is 0. The Hall–Kier alpha value is -0.710. The lowest BCUT2D eigenvalue weighted by molar-refractivity contribution is 0.0768. The highest BCUT2D eigenvalue weighted by Gasteiger charge is 2.15. The Morgan fingerprint density at radius 1 is 1.53 bits per heavy atom. The van der Waals surface area contributed by atoms with Gasteiger partial charge in [-0.25, -0.2) is 0 Å². The number of hydrogen-bond acceptors (Lipinski definition) is 4. The zero-order chi connectivity index (χ0) is 10.7. The lowest BCUT2D eigenvalue weighted by atomic mass is 10.1. The largest absolute Gasteiger partial charge is 0.398 e. The number of nitrogen functional groups attached to an aromatic ring is 1. The van der Waals surface area contributed by atoms with Crippen LogP contribution in [0, 0.1) is 0 Å². The molecule has 15 heavy (non-hydrogen) atoms. The van der Waals surface area contributed by atoms with Crippen LogP contribution in [0.4, 0.5) is 5.69 Å². The molecule has 1 atom stereocenters. The molecule has 3 N–H and O–H groups in total. The van der Waals surface area contributed by atoms with Crippen LogP contribution < -0.4 is 11.1 Å². The molecule has 0 radical (unpaired) electrons. The Kier molecular flexibility index (Phi) is 3.51. The van der Waals surface area contributed by atoms with Crippen molar-refractivity contribution in [1.82, 2.24) is 5.32 Å². The molecule has 82 valence electrons. The van der Waals surface area contributed by atoms with Crippen LogP contribution >= 0.6 is 11.8 Å². The van der Waals surface area contributed by atoms with Crippen molar-refractivity contribution in [3.8, 4) is 0 Å². The van der Waals surface area contributed by atoms with Gasteiger partial charge >= 0.3 is 0 Å². The van der Waals surface area contributed by atoms with Gasteiger partial charge in [0.15, 0.2) is 0 Å². The fourth-order valence-electron chi connectivity index (χ4n) is 1.72. The van der Waals surface area contributed by atoms with Crippen LogP contribution in [-0.2, 0) is 4.74 Å². The zero-order valence-corrected chi connectivity index (χ0v) is 9.64. The Morgan fingerprint density at radius 3 is 3.07 bits per heavy atom. The predicted octanol–water partition coefficient (Wildman–Crippen LogP) is 1.65. The first-order valence-corrected chi connectivity index (χ1v) is 6.28. The van der Waals surface area contributed by atoms with Crippen molar-refractivity contribution in [2.24, 2.45) is 0 Å². The fraction of sp³-hybridized carbons (Fsp3) is 0.455. The van der Waals surface area contributed by atoms with Gasteiger partial charge in [0.1, 0.15) is 0 Å². The van der Waals surface area contributed by atoms with E-state index in [0.717, 1.165) is 30.3 Å². The third kappa shape index (κ3) is 2.45. The Labute approximate surface area is 94.4 Å². The minimum atomic E-state index is 0.310. The first-order valence-electron chi connectivity index (χ1n) is 5.06. The van der Waals surface area contributed by atoms with E-state index in [-0.39, 0.29) is 0 Å². The van der Waals surface area contributed by atoms with Crippen LogP contribution in [-0.4, -0.2) is 26.0 Å². The van der Waals surface area contributed by atoms with Gasteiger partial charge in [0.05, 0.1) is 19.3 Å². The van der Waals surface area contributed by atoms with Crippen LogP contribution in [0.5, 0.6) is 0 Å². The summed E-state index contributed by atoms with van der Waals surface area (Å²) in [5.41, 5.74) is 7.96.